The van der Waals surface area contributed by atoms with Crippen LogP contribution in [0, 0.1) is 19.3 Å². The number of carbonyl (C=O) groups is 1. The SMILES string of the molecule is C=C(C)c1cccn2cc(CN3C(=O)c4cccc(c4)S(=O)(=O)Nc4nc(cc(-c5c(C)cccc5C)n4)OC[C@H]3CC(C)(C)C)nc12. The highest BCUT2D eigenvalue weighted by molar-refractivity contribution is 7.92. The normalized spacial score (nSPS) is 16.3. The molecule has 0 saturated carbocycles. The van der Waals surface area contributed by atoms with Gasteiger partial charge in [-0.15, -0.1) is 0 Å². The lowest BCUT2D eigenvalue weighted by atomic mass is 9.87. The molecule has 3 aromatic heterocycles. The molecule has 0 aliphatic carbocycles. The first-order chi connectivity index (χ1) is 22.7. The van der Waals surface area contributed by atoms with E-state index in [1.807, 2.05) is 67.9 Å². The number of benzene rings is 2. The van der Waals surface area contributed by atoms with Crippen LogP contribution < -0.4 is 9.46 Å². The van der Waals surface area contributed by atoms with Crippen molar-refractivity contribution >= 4 is 33.1 Å². The Labute approximate surface area is 281 Å². The molecule has 248 valence electrons. The zero-order valence-electron chi connectivity index (χ0n) is 28.1. The van der Waals surface area contributed by atoms with Gasteiger partial charge in [-0.25, -0.2) is 23.1 Å². The van der Waals surface area contributed by atoms with Gasteiger partial charge in [-0.3, -0.25) is 4.79 Å². The molecule has 10 nitrogen and oxygen atoms in total. The number of aromatic nitrogens is 4. The molecule has 6 rings (SSSR count). The quantitative estimate of drug-likeness (QED) is 0.213. The minimum Gasteiger partial charge on any atom is -0.475 e. The van der Waals surface area contributed by atoms with Crippen molar-refractivity contribution in [1.29, 1.82) is 0 Å². The average molecular weight is 665 g/mol. The number of sulfonamides is 1. The Morgan fingerprint density at radius 2 is 1.75 bits per heavy atom. The Kier molecular flexibility index (Phi) is 8.59. The first kappa shape index (κ1) is 32.9. The third-order valence-electron chi connectivity index (χ3n) is 8.35. The van der Waals surface area contributed by atoms with Crippen LogP contribution in [0.2, 0.25) is 0 Å². The fraction of sp³-hybridized carbons (Fsp3) is 0.297. The molecular formula is C37H40N6O4S. The molecule has 0 spiro atoms. The molecule has 1 amide bonds. The number of anilines is 1. The summed E-state index contributed by atoms with van der Waals surface area (Å²) >= 11 is 0. The van der Waals surface area contributed by atoms with Crippen LogP contribution in [0.3, 0.4) is 0 Å². The number of imidazole rings is 1. The predicted molar refractivity (Wildman–Crippen MR) is 187 cm³/mol. The van der Waals surface area contributed by atoms with Gasteiger partial charge in [0.15, 0.2) is 0 Å². The van der Waals surface area contributed by atoms with Gasteiger partial charge in [0.05, 0.1) is 28.9 Å². The average Bonchev–Trinajstić information content (AvgIpc) is 3.43. The number of nitrogens with zero attached hydrogens (tertiary/aromatic N) is 5. The zero-order valence-corrected chi connectivity index (χ0v) is 28.9. The molecule has 4 heterocycles. The van der Waals surface area contributed by atoms with Gasteiger partial charge in [-0.1, -0.05) is 51.6 Å². The molecule has 5 aromatic rings. The first-order valence-corrected chi connectivity index (χ1v) is 17.3. The van der Waals surface area contributed by atoms with Gasteiger partial charge in [0.2, 0.25) is 11.8 Å². The minimum atomic E-state index is -4.18. The second kappa shape index (κ2) is 12.5. The van der Waals surface area contributed by atoms with Crippen molar-refractivity contribution in [2.24, 2.45) is 5.41 Å². The maximum atomic E-state index is 14.5. The van der Waals surface area contributed by atoms with Crippen molar-refractivity contribution in [3.8, 4) is 17.1 Å². The largest absolute Gasteiger partial charge is 0.475 e. The summed E-state index contributed by atoms with van der Waals surface area (Å²) in [4.78, 5) is 30.2. The summed E-state index contributed by atoms with van der Waals surface area (Å²) in [6.45, 7) is 16.6. The number of fused-ring (bicyclic) bond motifs is 5. The van der Waals surface area contributed by atoms with E-state index in [0.717, 1.165) is 33.5 Å². The van der Waals surface area contributed by atoms with E-state index in [-0.39, 0.29) is 46.8 Å². The first-order valence-electron chi connectivity index (χ1n) is 15.8. The lowest BCUT2D eigenvalue weighted by Crippen LogP contribution is -2.45. The molecule has 11 heteroatoms. The second-order valence-corrected chi connectivity index (χ2v) is 15.3. The summed E-state index contributed by atoms with van der Waals surface area (Å²) in [5, 5.41) is 0. The summed E-state index contributed by atoms with van der Waals surface area (Å²) in [6, 6.07) is 17.1. The molecule has 48 heavy (non-hydrogen) atoms. The molecule has 2 aromatic carbocycles. The number of carbonyl (C=O) groups excluding carboxylic acids is 1. The molecular weight excluding hydrogens is 625 g/mol. The molecule has 1 atom stereocenters. The van der Waals surface area contributed by atoms with Crippen molar-refractivity contribution in [2.75, 3.05) is 11.3 Å². The highest BCUT2D eigenvalue weighted by Gasteiger charge is 2.32. The molecule has 0 radical (unpaired) electrons. The Morgan fingerprint density at radius 3 is 2.46 bits per heavy atom. The highest BCUT2D eigenvalue weighted by Crippen LogP contribution is 2.32. The van der Waals surface area contributed by atoms with Gasteiger partial charge in [0.1, 0.15) is 12.3 Å². The van der Waals surface area contributed by atoms with Gasteiger partial charge >= 0.3 is 0 Å². The van der Waals surface area contributed by atoms with Crippen LogP contribution in [-0.4, -0.2) is 51.2 Å². The highest BCUT2D eigenvalue weighted by atomic mass is 32.2. The van der Waals surface area contributed by atoms with Gasteiger partial charge < -0.3 is 14.0 Å². The molecule has 0 saturated heterocycles. The van der Waals surface area contributed by atoms with E-state index in [1.54, 1.807) is 23.1 Å². The summed E-state index contributed by atoms with van der Waals surface area (Å²) in [7, 11) is -4.18. The number of ether oxygens (including phenoxy) is 1. The zero-order chi connectivity index (χ0) is 34.4. The van der Waals surface area contributed by atoms with Crippen LogP contribution in [0.1, 0.15) is 66.9 Å². The van der Waals surface area contributed by atoms with Gasteiger partial charge in [0.25, 0.3) is 15.9 Å². The maximum absolute atomic E-state index is 14.5. The standard InChI is InChI=1S/C37H40N6O4S/c1-23(2)30-15-10-16-42-20-27(38-34(30)42)21-43-28(19-37(5,6)7)22-47-32-18-31(33-24(3)11-8-12-25(33)4)39-36(40-32)41-48(45,46)29-14-9-13-26(17-29)35(43)44/h8-18,20,28H,1,19,21-22H2,2-7H3,(H,39,40,41)/t28-/m1/s1. The molecule has 0 unspecified atom stereocenters. The van der Waals surface area contributed by atoms with Crippen LogP contribution >= 0.6 is 0 Å². The number of allylic oxidation sites excluding steroid dienone is 1. The minimum absolute atomic E-state index is 0.0812. The fourth-order valence-electron chi connectivity index (χ4n) is 6.19. The number of nitrogens with one attached hydrogen (secondary N) is 1. The van der Waals surface area contributed by atoms with Gasteiger partial charge in [-0.2, -0.15) is 4.98 Å². The number of aryl methyl sites for hydroxylation is 2. The van der Waals surface area contributed by atoms with E-state index < -0.39 is 16.1 Å². The summed E-state index contributed by atoms with van der Waals surface area (Å²) in [6.07, 6.45) is 4.40. The molecule has 1 aliphatic rings. The predicted octanol–water partition coefficient (Wildman–Crippen LogP) is 7.08. The lowest BCUT2D eigenvalue weighted by molar-refractivity contribution is 0.0509. The Bertz CT molecular complexity index is 2150. The van der Waals surface area contributed by atoms with Gasteiger partial charge in [-0.05, 0) is 79.6 Å². The maximum Gasteiger partial charge on any atom is 0.264 e. The molecule has 1 N–H and O–H groups in total. The van der Waals surface area contributed by atoms with Crippen LogP contribution in [0.5, 0.6) is 5.88 Å². The van der Waals surface area contributed by atoms with Crippen LogP contribution in [0.4, 0.5) is 5.95 Å². The summed E-state index contributed by atoms with van der Waals surface area (Å²) in [5.74, 6) is -0.268. The number of amides is 1. The fourth-order valence-corrected chi connectivity index (χ4v) is 7.18. The van der Waals surface area contributed by atoms with E-state index in [0.29, 0.717) is 17.8 Å². The molecule has 1 aliphatic heterocycles. The summed E-state index contributed by atoms with van der Waals surface area (Å²) in [5.41, 5.74) is 6.58. The third kappa shape index (κ3) is 6.82. The van der Waals surface area contributed by atoms with Crippen molar-refractivity contribution < 1.29 is 17.9 Å². The molecule has 4 bridgehead atoms. The molecule has 0 fully saturated rings. The van der Waals surface area contributed by atoms with Crippen LogP contribution in [0.25, 0.3) is 22.5 Å². The van der Waals surface area contributed by atoms with Crippen LogP contribution in [-0.2, 0) is 16.6 Å². The topological polar surface area (TPSA) is 119 Å². The van der Waals surface area contributed by atoms with Gasteiger partial charge in [0, 0.05) is 35.2 Å². The number of hydrogen-bond donors (Lipinski definition) is 1. The van der Waals surface area contributed by atoms with Crippen molar-refractivity contribution in [1.82, 2.24) is 24.3 Å². The summed E-state index contributed by atoms with van der Waals surface area (Å²) < 4.78 is 38.2. The van der Waals surface area contributed by atoms with Crippen molar-refractivity contribution in [2.45, 2.75) is 65.4 Å². The van der Waals surface area contributed by atoms with Crippen LogP contribution in [0.15, 0.2) is 84.5 Å². The van der Waals surface area contributed by atoms with E-state index >= 15 is 0 Å². The monoisotopic (exact) mass is 664 g/mol. The van der Waals surface area contributed by atoms with E-state index in [2.05, 4.69) is 42.0 Å². The lowest BCUT2D eigenvalue weighted by Gasteiger charge is -2.35. The van der Waals surface area contributed by atoms with E-state index in [9.17, 15) is 13.2 Å². The number of hydrogen-bond acceptors (Lipinski definition) is 7. The Morgan fingerprint density at radius 1 is 1.02 bits per heavy atom. The van der Waals surface area contributed by atoms with Crippen molar-refractivity contribution in [3.63, 3.8) is 0 Å². The number of pyridine rings is 1. The smallest absolute Gasteiger partial charge is 0.264 e. The Balaban J connectivity index is 1.51. The van der Waals surface area contributed by atoms with E-state index in [1.165, 1.54) is 12.1 Å². The Hall–Kier alpha value is -5.03. The number of rotatable bonds is 5. The van der Waals surface area contributed by atoms with Crippen molar-refractivity contribution in [3.05, 3.63) is 108 Å². The van der Waals surface area contributed by atoms with E-state index in [4.69, 9.17) is 9.72 Å². The second-order valence-electron chi connectivity index (χ2n) is 13.6. The third-order valence-corrected chi connectivity index (χ3v) is 9.68.